The van der Waals surface area contributed by atoms with Crippen LogP contribution in [0.3, 0.4) is 0 Å². The monoisotopic (exact) mass is 502 g/mol. The lowest BCUT2D eigenvalue weighted by Gasteiger charge is -2.46. The average Bonchev–Trinajstić information content (AvgIpc) is 3.29. The Morgan fingerprint density at radius 2 is 1.81 bits per heavy atom. The van der Waals surface area contributed by atoms with Gasteiger partial charge in [0, 0.05) is 35.5 Å². The Kier molecular flexibility index (Phi) is 6.03. The van der Waals surface area contributed by atoms with Crippen molar-refractivity contribution in [1.82, 2.24) is 19.3 Å². The van der Waals surface area contributed by atoms with Gasteiger partial charge in [-0.3, -0.25) is 9.16 Å². The minimum absolute atomic E-state index is 0.473. The second-order valence-electron chi connectivity index (χ2n) is 10.2. The van der Waals surface area contributed by atoms with Crippen LogP contribution >= 0.6 is 25.1 Å². The van der Waals surface area contributed by atoms with Gasteiger partial charge in [0.25, 0.3) is 0 Å². The molecular weight excluding hydrogens is 472 g/mol. The highest BCUT2D eigenvalue weighted by molar-refractivity contribution is 9.10. The van der Waals surface area contributed by atoms with Crippen LogP contribution in [0.5, 0.6) is 0 Å². The fourth-order valence-electron chi connectivity index (χ4n) is 3.46. The Labute approximate surface area is 192 Å². The molecule has 0 saturated carbocycles. The van der Waals surface area contributed by atoms with Gasteiger partial charge in [0.1, 0.15) is 11.3 Å². The van der Waals surface area contributed by atoms with E-state index < -0.39 is 9.16 Å². The quantitative estimate of drug-likeness (QED) is 0.202. The van der Waals surface area contributed by atoms with E-state index in [1.54, 1.807) is 0 Å². The summed E-state index contributed by atoms with van der Waals surface area (Å²) in [6.45, 7) is 2.04. The zero-order valence-electron chi connectivity index (χ0n) is 18.6. The van der Waals surface area contributed by atoms with Gasteiger partial charge in [-0.25, -0.2) is 9.67 Å². The number of benzene rings is 1. The number of hydrogen-bond acceptors (Lipinski definition) is 3. The molecule has 3 heterocycles. The van der Waals surface area contributed by atoms with Crippen LogP contribution in [0.1, 0.15) is 5.56 Å². The van der Waals surface area contributed by atoms with Crippen LogP contribution in [-0.2, 0) is 18.0 Å². The summed E-state index contributed by atoms with van der Waals surface area (Å²) in [6.07, 6.45) is 17.6. The maximum absolute atomic E-state index is 5.91. The highest BCUT2D eigenvalue weighted by atomic mass is 79.9. The summed E-state index contributed by atoms with van der Waals surface area (Å²) in [5, 5.41) is 5.69. The molecule has 0 aliphatic rings. The van der Waals surface area contributed by atoms with Gasteiger partial charge in [-0.15, -0.1) is 0 Å². The van der Waals surface area contributed by atoms with E-state index in [9.17, 15) is 0 Å². The Balaban J connectivity index is 1.56. The summed E-state index contributed by atoms with van der Waals surface area (Å²) < 4.78 is 10.9. The molecule has 0 fully saturated rings. The Bertz CT molecular complexity index is 1180. The lowest BCUT2D eigenvalue weighted by atomic mass is 10.1. The van der Waals surface area contributed by atoms with Crippen LogP contribution in [-0.4, -0.2) is 56.7 Å². The van der Waals surface area contributed by atoms with Gasteiger partial charge >= 0.3 is 0 Å². The topological polar surface area (TPSA) is 44.9 Å². The smallest absolute Gasteiger partial charge is 0.139 e. The van der Waals surface area contributed by atoms with E-state index in [0.29, 0.717) is 6.73 Å². The Morgan fingerprint density at radius 1 is 1.03 bits per heavy atom. The molecule has 7 heteroatoms. The maximum atomic E-state index is 5.91. The first kappa shape index (κ1) is 22.1. The van der Waals surface area contributed by atoms with Crippen molar-refractivity contribution in [3.05, 3.63) is 71.4 Å². The van der Waals surface area contributed by atoms with Gasteiger partial charge < -0.3 is 9.30 Å². The van der Waals surface area contributed by atoms with Crippen LogP contribution in [0.4, 0.5) is 0 Å². The van der Waals surface area contributed by atoms with Crippen molar-refractivity contribution in [3.63, 3.8) is 0 Å². The van der Waals surface area contributed by atoms with E-state index in [-0.39, 0.29) is 0 Å². The minimum Gasteiger partial charge on any atom is -0.359 e. The Hall–Kier alpha value is -2.09. The molecule has 166 valence electrons. The summed E-state index contributed by atoms with van der Waals surface area (Å²) in [7, 11) is -1.54. The largest absolute Gasteiger partial charge is 0.359 e. The number of aromatic nitrogens is 4. The number of thiol groups is 1. The average molecular weight is 504 g/mol. The lowest BCUT2D eigenvalue weighted by Crippen LogP contribution is -2.19. The molecule has 31 heavy (non-hydrogen) atoms. The molecule has 0 atom stereocenters. The van der Waals surface area contributed by atoms with Crippen LogP contribution < -0.4 is 0 Å². The van der Waals surface area contributed by atoms with E-state index in [0.717, 1.165) is 45.5 Å². The number of hydrogen-bond donors (Lipinski definition) is 1. The molecule has 3 aromatic heterocycles. The van der Waals surface area contributed by atoms with Crippen molar-refractivity contribution in [3.8, 4) is 11.1 Å². The molecule has 0 amide bonds. The zero-order chi connectivity index (χ0) is 22.1. The molecule has 0 unspecified atom stereocenters. The van der Waals surface area contributed by atoms with E-state index in [1.165, 1.54) is 5.56 Å². The van der Waals surface area contributed by atoms with Gasteiger partial charge in [-0.2, -0.15) is 5.10 Å². The highest BCUT2D eigenvalue weighted by Gasteiger charge is 2.18. The zero-order valence-corrected chi connectivity index (χ0v) is 21.1. The van der Waals surface area contributed by atoms with E-state index in [1.807, 2.05) is 23.1 Å². The third-order valence-corrected chi connectivity index (χ3v) is 7.63. The van der Waals surface area contributed by atoms with Crippen LogP contribution in [0, 0.1) is 0 Å². The number of nitrogens with zero attached hydrogens (tertiary/aromatic N) is 4. The van der Waals surface area contributed by atoms with Gasteiger partial charge in [0.15, 0.2) is 0 Å². The fraction of sp³-hybridized carbons (Fsp3) is 0.333. The molecular formula is C24H31BrN4OS. The molecule has 0 radical (unpaired) electrons. The predicted molar refractivity (Wildman–Crippen MR) is 138 cm³/mol. The van der Waals surface area contributed by atoms with Crippen LogP contribution in [0.15, 0.2) is 65.8 Å². The molecule has 0 aliphatic carbocycles. The summed E-state index contributed by atoms with van der Waals surface area (Å²) in [4.78, 5) is 4.46. The SMILES string of the molecule is C[SH](C)(C)(C)CCOCn1cc(-c2cn(Cc3ccccc3)c3cnc(Br)cc23)cn1. The maximum Gasteiger partial charge on any atom is 0.139 e. The molecule has 0 aliphatic heterocycles. The van der Waals surface area contributed by atoms with Gasteiger partial charge in [0.2, 0.25) is 0 Å². The number of fused-ring (bicyclic) bond motifs is 1. The predicted octanol–water partition coefficient (Wildman–Crippen LogP) is 5.28. The van der Waals surface area contributed by atoms with Crippen LogP contribution in [0.2, 0.25) is 0 Å². The van der Waals surface area contributed by atoms with Gasteiger partial charge in [-0.05, 0) is 58.3 Å². The highest BCUT2D eigenvalue weighted by Crippen LogP contribution is 2.54. The number of ether oxygens (including phenoxy) is 1. The lowest BCUT2D eigenvalue weighted by molar-refractivity contribution is 0.0808. The second kappa shape index (κ2) is 8.45. The van der Waals surface area contributed by atoms with Crippen molar-refractivity contribution in [2.24, 2.45) is 0 Å². The Morgan fingerprint density at radius 3 is 2.55 bits per heavy atom. The third-order valence-electron chi connectivity index (χ3n) is 5.23. The van der Waals surface area contributed by atoms with E-state index in [2.05, 4.69) is 98.3 Å². The minimum atomic E-state index is -1.54. The van der Waals surface area contributed by atoms with Crippen LogP contribution in [0.25, 0.3) is 22.0 Å². The van der Waals surface area contributed by atoms with Gasteiger partial charge in [0.05, 0.1) is 24.5 Å². The van der Waals surface area contributed by atoms with Crippen molar-refractivity contribution in [2.45, 2.75) is 13.3 Å². The number of halogens is 1. The third kappa shape index (κ3) is 5.79. The standard InChI is InChI=1S/C24H31BrN4OS/c1-31(2,3,4)11-10-30-18-29-16-20(13-27-29)22-17-28(15-19-8-6-5-7-9-19)23-14-26-24(25)12-21(22)23/h5-9,12-14,16-17,31H,10-11,15,18H2,1-4H3. The first-order valence-electron chi connectivity index (χ1n) is 10.4. The molecule has 0 saturated heterocycles. The van der Waals surface area contributed by atoms with E-state index in [4.69, 9.17) is 4.74 Å². The van der Waals surface area contributed by atoms with Crippen molar-refractivity contribution in [1.29, 1.82) is 0 Å². The normalized spacial score (nSPS) is 13.4. The molecule has 4 aromatic rings. The molecule has 4 rings (SSSR count). The second-order valence-corrected chi connectivity index (χ2v) is 19.3. The molecule has 0 bridgehead atoms. The first-order chi connectivity index (χ1) is 14.6. The number of pyridine rings is 1. The fourth-order valence-corrected chi connectivity index (χ4v) is 4.65. The summed E-state index contributed by atoms with van der Waals surface area (Å²) >= 11 is 3.52. The summed E-state index contributed by atoms with van der Waals surface area (Å²) in [5.74, 6) is 1.12. The molecule has 5 nitrogen and oxygen atoms in total. The van der Waals surface area contributed by atoms with E-state index >= 15 is 0 Å². The number of rotatable bonds is 8. The summed E-state index contributed by atoms with van der Waals surface area (Å²) in [6, 6.07) is 12.6. The van der Waals surface area contributed by atoms with Crippen molar-refractivity contribution >= 4 is 36.0 Å². The molecule has 1 aromatic carbocycles. The summed E-state index contributed by atoms with van der Waals surface area (Å²) in [5.41, 5.74) is 4.59. The molecule has 0 N–H and O–H groups in total. The first-order valence-corrected chi connectivity index (χ1v) is 15.4. The van der Waals surface area contributed by atoms with Crippen molar-refractivity contribution < 1.29 is 4.74 Å². The van der Waals surface area contributed by atoms with Gasteiger partial charge in [-0.1, -0.05) is 30.3 Å². The molecule has 0 spiro atoms. The van der Waals surface area contributed by atoms with Crippen molar-refractivity contribution in [2.75, 3.05) is 37.4 Å².